The first-order valence-corrected chi connectivity index (χ1v) is 23.9. The van der Waals surface area contributed by atoms with Crippen molar-refractivity contribution in [2.45, 2.75) is 95.6 Å². The largest absolute Gasteiger partial charge is 0.481 e. The molecule has 390 valence electrons. The number of aliphatic carboxylic acids is 6. The van der Waals surface area contributed by atoms with E-state index in [2.05, 4.69) is 26.6 Å². The van der Waals surface area contributed by atoms with Crippen LogP contribution in [-0.2, 0) is 43.2 Å². The molecule has 3 fully saturated rings. The molecule has 69 heavy (non-hydrogen) atoms. The molecule has 2 saturated carbocycles. The second-order valence-electron chi connectivity index (χ2n) is 18.4. The van der Waals surface area contributed by atoms with Gasteiger partial charge in [-0.2, -0.15) is 0 Å². The topological polar surface area (TPSA) is 365 Å². The highest BCUT2D eigenvalue weighted by Gasteiger charge is 2.31. The van der Waals surface area contributed by atoms with Gasteiger partial charge in [-0.05, 0) is 88.9 Å². The Morgan fingerprint density at radius 1 is 0.435 bits per heavy atom. The van der Waals surface area contributed by atoms with E-state index in [1.807, 2.05) is 4.90 Å². The number of carboxylic acid groups (broad SMARTS) is 6. The zero-order chi connectivity index (χ0) is 50.9. The van der Waals surface area contributed by atoms with E-state index in [4.69, 9.17) is 5.11 Å². The number of hydrogen-bond acceptors (Lipinski definition) is 14. The molecule has 0 aromatic rings. The summed E-state index contributed by atoms with van der Waals surface area (Å²) < 4.78 is 0. The normalized spacial score (nSPS) is 22.3. The number of carbonyl (C=O) groups is 10. The van der Waals surface area contributed by atoms with Crippen LogP contribution in [0.5, 0.6) is 0 Å². The zero-order valence-electron chi connectivity index (χ0n) is 39.3. The number of nitrogens with zero attached hydrogens (tertiary/aromatic N) is 4. The lowest BCUT2D eigenvalue weighted by Gasteiger charge is -2.33. The Labute approximate surface area is 401 Å². The molecule has 2 aliphatic carbocycles. The Hall–Kier alpha value is -5.66. The Morgan fingerprint density at radius 2 is 0.812 bits per heavy atom. The fourth-order valence-electron chi connectivity index (χ4n) is 8.92. The van der Waals surface area contributed by atoms with Gasteiger partial charge in [0.1, 0.15) is 12.1 Å². The molecular weight excluding hydrogens is 911 g/mol. The second kappa shape index (κ2) is 30.7. The van der Waals surface area contributed by atoms with Gasteiger partial charge in [-0.3, -0.25) is 53.2 Å². The van der Waals surface area contributed by atoms with E-state index in [0.29, 0.717) is 84.3 Å². The Kier molecular flexibility index (Phi) is 25.7. The van der Waals surface area contributed by atoms with Gasteiger partial charge in [0.2, 0.25) is 17.7 Å². The molecule has 2 atom stereocenters. The second-order valence-corrected chi connectivity index (χ2v) is 18.4. The number of unbranched alkanes of at least 4 members (excludes halogenated alkanes) is 1. The van der Waals surface area contributed by atoms with Crippen molar-refractivity contribution in [3.8, 4) is 0 Å². The molecule has 0 bridgehead atoms. The van der Waals surface area contributed by atoms with Crippen LogP contribution in [0.15, 0.2) is 0 Å². The first kappa shape index (κ1) is 57.7. The number of rotatable bonds is 26. The Balaban J connectivity index is 1.32. The standard InChI is InChI=1S/C44H73N9O16/c54-35(25-50-15-17-51(26-37(57)58)19-21-53(28-39(61)62)22-20-52(18-16-50)27-38(59)60)46-23-29-4-10-32(11-5-29)41(64)47-24-30-6-8-31(9-7-30)40(63)45-14-2-1-3-33(42(65)66)48-44(69)49-34(43(67)68)12-13-36(55)56/h29-34H,1-28H2,(H,45,63)(H,46,54)(H,47,64)(H,55,56)(H,57,58)(H,59,60)(H,61,62)(H,65,66)(H,67,68)(H2,48,49,69). The molecule has 1 saturated heterocycles. The number of amides is 5. The monoisotopic (exact) mass is 984 g/mol. The predicted octanol–water partition coefficient (Wildman–Crippen LogP) is -1.34. The summed E-state index contributed by atoms with van der Waals surface area (Å²) in [4.78, 5) is 127. The van der Waals surface area contributed by atoms with Gasteiger partial charge in [0.15, 0.2) is 0 Å². The quantitative estimate of drug-likeness (QED) is 0.0447. The van der Waals surface area contributed by atoms with Crippen molar-refractivity contribution < 1.29 is 78.6 Å². The molecule has 1 heterocycles. The molecule has 3 rings (SSSR count). The molecule has 0 aromatic carbocycles. The summed E-state index contributed by atoms with van der Waals surface area (Å²) in [5, 5.41) is 69.1. The molecular formula is C44H73N9O16. The number of carbonyl (C=O) groups excluding carboxylic acids is 4. The molecule has 0 radical (unpaired) electrons. The zero-order valence-corrected chi connectivity index (χ0v) is 39.3. The van der Waals surface area contributed by atoms with E-state index in [9.17, 15) is 73.5 Å². The number of carboxylic acids is 6. The smallest absolute Gasteiger partial charge is 0.326 e. The van der Waals surface area contributed by atoms with Gasteiger partial charge < -0.3 is 57.2 Å². The van der Waals surface area contributed by atoms with Crippen LogP contribution in [-0.4, -0.2) is 220 Å². The Bertz CT molecular complexity index is 1710. The number of nitrogens with one attached hydrogen (secondary N) is 5. The maximum Gasteiger partial charge on any atom is 0.326 e. The average Bonchev–Trinajstić information content (AvgIpc) is 3.28. The van der Waals surface area contributed by atoms with Gasteiger partial charge in [0.25, 0.3) is 0 Å². The van der Waals surface area contributed by atoms with Gasteiger partial charge in [0, 0.05) is 90.2 Å². The molecule has 0 aromatic heterocycles. The summed E-state index contributed by atoms with van der Waals surface area (Å²) in [5.41, 5.74) is 0. The molecule has 0 spiro atoms. The van der Waals surface area contributed by atoms with E-state index >= 15 is 0 Å². The van der Waals surface area contributed by atoms with Crippen molar-refractivity contribution in [3.63, 3.8) is 0 Å². The lowest BCUT2D eigenvalue weighted by atomic mass is 9.80. The first-order valence-electron chi connectivity index (χ1n) is 23.9. The molecule has 25 heteroatoms. The van der Waals surface area contributed by atoms with Crippen LogP contribution in [0.2, 0.25) is 0 Å². The minimum Gasteiger partial charge on any atom is -0.481 e. The first-order chi connectivity index (χ1) is 32.8. The van der Waals surface area contributed by atoms with Crippen LogP contribution in [0.25, 0.3) is 0 Å². The molecule has 11 N–H and O–H groups in total. The van der Waals surface area contributed by atoms with Crippen LogP contribution >= 0.6 is 0 Å². The third-order valence-electron chi connectivity index (χ3n) is 13.0. The van der Waals surface area contributed by atoms with Crippen LogP contribution < -0.4 is 26.6 Å². The van der Waals surface area contributed by atoms with E-state index in [1.165, 1.54) is 0 Å². The van der Waals surface area contributed by atoms with Crippen LogP contribution in [0.4, 0.5) is 4.79 Å². The molecule has 2 unspecified atom stereocenters. The third kappa shape index (κ3) is 24.0. The van der Waals surface area contributed by atoms with Crippen LogP contribution in [0.1, 0.15) is 83.5 Å². The van der Waals surface area contributed by atoms with Crippen molar-refractivity contribution >= 4 is 59.6 Å². The van der Waals surface area contributed by atoms with E-state index in [1.54, 1.807) is 14.7 Å². The van der Waals surface area contributed by atoms with Crippen molar-refractivity contribution in [1.29, 1.82) is 0 Å². The van der Waals surface area contributed by atoms with Crippen LogP contribution in [0, 0.1) is 23.7 Å². The van der Waals surface area contributed by atoms with E-state index in [-0.39, 0.29) is 107 Å². The van der Waals surface area contributed by atoms with Gasteiger partial charge in [0.05, 0.1) is 26.2 Å². The molecule has 5 amide bonds. The third-order valence-corrected chi connectivity index (χ3v) is 13.0. The molecule has 25 nitrogen and oxygen atoms in total. The summed E-state index contributed by atoms with van der Waals surface area (Å²) in [6, 6.07) is -3.88. The van der Waals surface area contributed by atoms with Gasteiger partial charge >= 0.3 is 41.8 Å². The highest BCUT2D eigenvalue weighted by Crippen LogP contribution is 2.30. The summed E-state index contributed by atoms with van der Waals surface area (Å²) in [6.07, 6.45) is 5.65. The Morgan fingerprint density at radius 3 is 1.20 bits per heavy atom. The number of urea groups is 1. The van der Waals surface area contributed by atoms with Gasteiger partial charge in [-0.1, -0.05) is 0 Å². The van der Waals surface area contributed by atoms with Gasteiger partial charge in [-0.25, -0.2) is 14.4 Å². The minimum atomic E-state index is -1.51. The number of hydrogen-bond donors (Lipinski definition) is 11. The highest BCUT2D eigenvalue weighted by atomic mass is 16.4. The van der Waals surface area contributed by atoms with Crippen LogP contribution in [0.3, 0.4) is 0 Å². The maximum atomic E-state index is 13.2. The highest BCUT2D eigenvalue weighted by molar-refractivity contribution is 5.86. The van der Waals surface area contributed by atoms with Crippen molar-refractivity contribution in [1.82, 2.24) is 46.2 Å². The summed E-state index contributed by atoms with van der Waals surface area (Å²) in [6.45, 7) is 2.92. The van der Waals surface area contributed by atoms with E-state index in [0.717, 1.165) is 25.7 Å². The average molecular weight is 984 g/mol. The predicted molar refractivity (Wildman–Crippen MR) is 244 cm³/mol. The van der Waals surface area contributed by atoms with E-state index < -0.39 is 60.4 Å². The van der Waals surface area contributed by atoms with Crippen molar-refractivity contribution in [2.75, 3.05) is 98.2 Å². The SMILES string of the molecule is O=C(O)CCC(NC(=O)NC(CCCCNC(=O)C1CCC(CNC(=O)C2CCC(CNC(=O)CN3CCN(CC(=O)O)CCN(CC(=O)O)CCN(CC(=O)O)CC3)CC2)CC1)C(=O)O)C(=O)O. The summed E-state index contributed by atoms with van der Waals surface area (Å²) in [7, 11) is 0. The van der Waals surface area contributed by atoms with Gasteiger partial charge in [-0.15, -0.1) is 0 Å². The lowest BCUT2D eigenvalue weighted by molar-refractivity contribution is -0.141. The molecule has 1 aliphatic heterocycles. The summed E-state index contributed by atoms with van der Waals surface area (Å²) >= 11 is 0. The maximum absolute atomic E-state index is 13.2. The molecule has 3 aliphatic rings. The van der Waals surface area contributed by atoms with Crippen molar-refractivity contribution in [2.24, 2.45) is 23.7 Å². The lowest BCUT2D eigenvalue weighted by Crippen LogP contribution is -2.51. The fraction of sp³-hybridized carbons (Fsp3) is 0.773. The minimum absolute atomic E-state index is 0.00251. The van der Waals surface area contributed by atoms with Crippen molar-refractivity contribution in [3.05, 3.63) is 0 Å². The fourth-order valence-corrected chi connectivity index (χ4v) is 8.92. The summed E-state index contributed by atoms with van der Waals surface area (Å²) in [5.74, 6) is -7.35.